The Balaban J connectivity index is 1.44. The van der Waals surface area contributed by atoms with Crippen molar-refractivity contribution in [1.29, 1.82) is 0 Å². The van der Waals surface area contributed by atoms with Crippen molar-refractivity contribution in [2.24, 2.45) is 0 Å². The Hall–Kier alpha value is -3.87. The molecule has 1 heterocycles. The third-order valence-electron chi connectivity index (χ3n) is 5.64. The van der Waals surface area contributed by atoms with Gasteiger partial charge in [-0.3, -0.25) is 4.79 Å². The zero-order valence-electron chi connectivity index (χ0n) is 18.3. The van der Waals surface area contributed by atoms with Gasteiger partial charge in [0.25, 0.3) is 5.91 Å². The van der Waals surface area contributed by atoms with E-state index in [0.717, 1.165) is 37.0 Å². The van der Waals surface area contributed by atoms with E-state index in [0.29, 0.717) is 5.39 Å². The fraction of sp³-hybridized carbons (Fsp3) is 0.269. The number of carbonyl (C=O) groups is 2. The Morgan fingerprint density at radius 3 is 2.45 bits per heavy atom. The van der Waals surface area contributed by atoms with Crippen molar-refractivity contribution >= 4 is 28.9 Å². The van der Waals surface area contributed by atoms with Crippen LogP contribution in [0.5, 0.6) is 11.5 Å². The molecule has 0 radical (unpaired) electrons. The Morgan fingerprint density at radius 1 is 1.00 bits per heavy atom. The number of hydrogen-bond acceptors (Lipinski definition) is 6. The second-order valence-corrected chi connectivity index (χ2v) is 7.98. The molecule has 1 saturated carbocycles. The van der Waals surface area contributed by atoms with Gasteiger partial charge in [0.15, 0.2) is 0 Å². The minimum atomic E-state index is -0.723. The van der Waals surface area contributed by atoms with Gasteiger partial charge in [0.1, 0.15) is 22.6 Å². The highest BCUT2D eigenvalue weighted by atomic mass is 16.5. The lowest BCUT2D eigenvalue weighted by Crippen LogP contribution is -2.38. The summed E-state index contributed by atoms with van der Waals surface area (Å²) in [4.78, 5) is 37.1. The largest absolute Gasteiger partial charge is 0.497 e. The number of fused-ring (bicyclic) bond motifs is 1. The zero-order chi connectivity index (χ0) is 23.2. The van der Waals surface area contributed by atoms with Gasteiger partial charge in [-0.2, -0.15) is 0 Å². The van der Waals surface area contributed by atoms with Crippen LogP contribution in [0.1, 0.15) is 48.0 Å². The summed E-state index contributed by atoms with van der Waals surface area (Å²) in [6, 6.07) is 13.5. The van der Waals surface area contributed by atoms with Crippen LogP contribution in [-0.2, 0) is 4.79 Å². The minimum absolute atomic E-state index is 0.0276. The van der Waals surface area contributed by atoms with Gasteiger partial charge < -0.3 is 19.2 Å². The molecule has 33 heavy (non-hydrogen) atoms. The summed E-state index contributed by atoms with van der Waals surface area (Å²) in [5, 5.41) is 3.50. The van der Waals surface area contributed by atoms with Crippen molar-refractivity contribution in [3.8, 4) is 11.5 Å². The lowest BCUT2D eigenvalue weighted by atomic mass is 9.95. The van der Waals surface area contributed by atoms with Crippen molar-refractivity contribution in [3.63, 3.8) is 0 Å². The van der Waals surface area contributed by atoms with E-state index in [2.05, 4.69) is 5.32 Å². The molecule has 0 atom stereocenters. The molecule has 1 fully saturated rings. The molecular formula is C26H25NO6. The molecule has 0 aliphatic heterocycles. The first kappa shape index (κ1) is 22.3. The number of rotatable bonds is 6. The Labute approximate surface area is 191 Å². The van der Waals surface area contributed by atoms with E-state index < -0.39 is 17.5 Å². The van der Waals surface area contributed by atoms with E-state index >= 15 is 0 Å². The molecule has 0 bridgehead atoms. The van der Waals surface area contributed by atoms with Crippen LogP contribution < -0.4 is 20.4 Å². The molecule has 170 valence electrons. The number of amides is 1. The zero-order valence-corrected chi connectivity index (χ0v) is 18.3. The maximum absolute atomic E-state index is 12.6. The third kappa shape index (κ3) is 5.68. The first-order chi connectivity index (χ1) is 16.0. The van der Waals surface area contributed by atoms with E-state index in [1.165, 1.54) is 24.6 Å². The maximum Gasteiger partial charge on any atom is 0.349 e. The molecule has 1 aliphatic rings. The third-order valence-corrected chi connectivity index (χ3v) is 5.64. The molecule has 3 aromatic rings. The standard InChI is InChI=1S/C26H25NO6/c1-31-20-11-7-17(8-12-20)9-14-24(28)32-21-13-10-18-15-22(26(30)33-23(18)16-21)25(29)27-19-5-3-2-4-6-19/h7-16,19H,2-6H2,1H3,(H,27,29)/b14-9+. The minimum Gasteiger partial charge on any atom is -0.497 e. The average molecular weight is 447 g/mol. The van der Waals surface area contributed by atoms with Gasteiger partial charge in [-0.1, -0.05) is 31.4 Å². The van der Waals surface area contributed by atoms with E-state index in [-0.39, 0.29) is 22.9 Å². The van der Waals surface area contributed by atoms with Crippen molar-refractivity contribution in [2.45, 2.75) is 38.1 Å². The van der Waals surface area contributed by atoms with Crippen LogP contribution in [0, 0.1) is 0 Å². The second-order valence-electron chi connectivity index (χ2n) is 7.98. The Kier molecular flexibility index (Phi) is 6.88. The molecular weight excluding hydrogens is 422 g/mol. The molecule has 0 saturated heterocycles. The predicted octanol–water partition coefficient (Wildman–Crippen LogP) is 4.48. The van der Waals surface area contributed by atoms with Crippen LogP contribution in [-0.4, -0.2) is 25.0 Å². The van der Waals surface area contributed by atoms with Gasteiger partial charge in [-0.05, 0) is 54.8 Å². The molecule has 0 spiro atoms. The maximum atomic E-state index is 12.6. The molecule has 2 aromatic carbocycles. The SMILES string of the molecule is COc1ccc(/C=C/C(=O)Oc2ccc3cc(C(=O)NC4CCCCC4)c(=O)oc3c2)cc1. The molecule has 1 aromatic heterocycles. The Bertz CT molecular complexity index is 1240. The van der Waals surface area contributed by atoms with Crippen molar-refractivity contribution < 1.29 is 23.5 Å². The first-order valence-corrected chi connectivity index (χ1v) is 10.9. The van der Waals surface area contributed by atoms with E-state index in [4.69, 9.17) is 13.9 Å². The number of esters is 1. The van der Waals surface area contributed by atoms with E-state index in [9.17, 15) is 14.4 Å². The van der Waals surface area contributed by atoms with Crippen molar-refractivity contribution in [3.05, 3.63) is 76.2 Å². The lowest BCUT2D eigenvalue weighted by Gasteiger charge is -2.22. The summed E-state index contributed by atoms with van der Waals surface area (Å²) >= 11 is 0. The van der Waals surface area contributed by atoms with Crippen LogP contribution in [0.25, 0.3) is 17.0 Å². The molecule has 4 rings (SSSR count). The summed E-state index contributed by atoms with van der Waals surface area (Å²) in [5.41, 5.74) is 0.300. The van der Waals surface area contributed by atoms with Gasteiger partial charge in [0.2, 0.25) is 0 Å². The number of benzene rings is 2. The molecule has 0 unspecified atom stereocenters. The molecule has 1 N–H and O–H groups in total. The number of carbonyl (C=O) groups excluding carboxylic acids is 2. The molecule has 1 aliphatic carbocycles. The summed E-state index contributed by atoms with van der Waals surface area (Å²) < 4.78 is 15.8. The van der Waals surface area contributed by atoms with Crippen molar-refractivity contribution in [2.75, 3.05) is 7.11 Å². The monoisotopic (exact) mass is 447 g/mol. The summed E-state index contributed by atoms with van der Waals surface area (Å²) in [6.45, 7) is 0. The van der Waals surface area contributed by atoms with Gasteiger partial charge >= 0.3 is 11.6 Å². The molecule has 7 heteroatoms. The predicted molar refractivity (Wildman–Crippen MR) is 124 cm³/mol. The lowest BCUT2D eigenvalue weighted by molar-refractivity contribution is -0.128. The number of hydrogen-bond donors (Lipinski definition) is 1. The van der Waals surface area contributed by atoms with Crippen molar-refractivity contribution in [1.82, 2.24) is 5.32 Å². The highest BCUT2D eigenvalue weighted by molar-refractivity contribution is 5.97. The topological polar surface area (TPSA) is 94.8 Å². The fourth-order valence-corrected chi connectivity index (χ4v) is 3.85. The van der Waals surface area contributed by atoms with Crippen LogP contribution in [0.3, 0.4) is 0 Å². The van der Waals surface area contributed by atoms with Gasteiger partial charge in [0, 0.05) is 23.6 Å². The number of methoxy groups -OCH3 is 1. The van der Waals surface area contributed by atoms with Gasteiger partial charge in [-0.15, -0.1) is 0 Å². The van der Waals surface area contributed by atoms with E-state index in [1.807, 2.05) is 12.1 Å². The summed E-state index contributed by atoms with van der Waals surface area (Å²) in [5.74, 6) is -0.0378. The normalized spacial score (nSPS) is 14.3. The van der Waals surface area contributed by atoms with Crippen LogP contribution in [0.2, 0.25) is 0 Å². The van der Waals surface area contributed by atoms with Crippen LogP contribution in [0.15, 0.2) is 63.8 Å². The fourth-order valence-electron chi connectivity index (χ4n) is 3.85. The first-order valence-electron chi connectivity index (χ1n) is 10.9. The average Bonchev–Trinajstić information content (AvgIpc) is 2.83. The Morgan fingerprint density at radius 2 is 1.73 bits per heavy atom. The molecule has 1 amide bonds. The number of ether oxygens (including phenoxy) is 2. The second kappa shape index (κ2) is 10.2. The van der Waals surface area contributed by atoms with Crippen LogP contribution >= 0.6 is 0 Å². The number of nitrogens with one attached hydrogen (secondary N) is 1. The van der Waals surface area contributed by atoms with E-state index in [1.54, 1.807) is 37.5 Å². The summed E-state index contributed by atoms with van der Waals surface area (Å²) in [6.07, 6.45) is 8.11. The smallest absolute Gasteiger partial charge is 0.349 e. The van der Waals surface area contributed by atoms with Crippen LogP contribution in [0.4, 0.5) is 0 Å². The van der Waals surface area contributed by atoms with Gasteiger partial charge in [0.05, 0.1) is 7.11 Å². The quantitative estimate of drug-likeness (QED) is 0.259. The highest BCUT2D eigenvalue weighted by Crippen LogP contribution is 2.22. The molecule has 7 nitrogen and oxygen atoms in total. The summed E-state index contributed by atoms with van der Waals surface area (Å²) in [7, 11) is 1.58. The van der Waals surface area contributed by atoms with Gasteiger partial charge in [-0.25, -0.2) is 9.59 Å². The highest BCUT2D eigenvalue weighted by Gasteiger charge is 2.20.